The Hall–Kier alpha value is -2.08. The van der Waals surface area contributed by atoms with Crippen molar-refractivity contribution >= 4 is 21.6 Å². The van der Waals surface area contributed by atoms with E-state index in [0.717, 1.165) is 12.1 Å². The number of aliphatic hydroxyl groups excluding tert-OH is 1. The monoisotopic (exact) mass is 319 g/mol. The van der Waals surface area contributed by atoms with E-state index >= 15 is 0 Å². The fraction of sp³-hybridized carbons (Fsp3) is 0.300. The van der Waals surface area contributed by atoms with Gasteiger partial charge in [0.15, 0.2) is 6.04 Å². The van der Waals surface area contributed by atoms with Crippen LogP contribution in [0.4, 0.5) is 5.69 Å². The second kappa shape index (κ2) is 6.13. The van der Waals surface area contributed by atoms with Gasteiger partial charge in [-0.3, -0.25) is 20.1 Å². The van der Waals surface area contributed by atoms with Crippen molar-refractivity contribution in [3.05, 3.63) is 33.9 Å². The van der Waals surface area contributed by atoms with Crippen LogP contribution in [0.3, 0.4) is 0 Å². The number of nitrogens with zero attached hydrogens (tertiary/aromatic N) is 2. The predicted octanol–water partition coefficient (Wildman–Crippen LogP) is -0.871. The van der Waals surface area contributed by atoms with Gasteiger partial charge >= 0.3 is 0 Å². The number of aliphatic hydroxyl groups is 1. The van der Waals surface area contributed by atoms with Crippen molar-refractivity contribution in [3.8, 4) is 0 Å². The number of carbonyl (C=O) groups excluding carboxylic acids is 1. The zero-order valence-electron chi connectivity index (χ0n) is 10.8. The summed E-state index contributed by atoms with van der Waals surface area (Å²) in [6.45, 7) is 0.365. The minimum absolute atomic E-state index is 0.219. The van der Waals surface area contributed by atoms with Crippen molar-refractivity contribution in [1.82, 2.24) is 4.47 Å². The summed E-state index contributed by atoms with van der Waals surface area (Å²) in [5.74, 6) is -1.27. The van der Waals surface area contributed by atoms with Crippen molar-refractivity contribution in [2.24, 2.45) is 5.73 Å². The highest BCUT2D eigenvalue weighted by Gasteiger charge is 2.34. The molecule has 1 aromatic rings. The summed E-state index contributed by atoms with van der Waals surface area (Å²) in [6.07, 6.45) is 0. The van der Waals surface area contributed by atoms with Crippen LogP contribution in [0.1, 0.15) is 5.56 Å². The zero-order valence-corrected chi connectivity index (χ0v) is 11.6. The number of nitro benzene ring substituents is 1. The summed E-state index contributed by atoms with van der Waals surface area (Å²) in [6, 6.07) is 1.05. The smallest absolute Gasteiger partial charge is 0.273 e. The first-order chi connectivity index (χ1) is 9.62. The van der Waals surface area contributed by atoms with Gasteiger partial charge in [-0.05, 0) is 13.0 Å². The van der Waals surface area contributed by atoms with E-state index in [0.29, 0.717) is 0 Å². The van der Waals surface area contributed by atoms with Gasteiger partial charge in [-0.25, -0.2) is 8.42 Å². The fourth-order valence-corrected chi connectivity index (χ4v) is 2.71. The van der Waals surface area contributed by atoms with Gasteiger partial charge in [0.05, 0.1) is 16.4 Å². The Balaban J connectivity index is 3.34. The molecule has 0 aromatic heterocycles. The molecule has 1 unspecified atom stereocenters. The Labute approximate surface area is 119 Å². The fourth-order valence-electron chi connectivity index (χ4n) is 1.49. The number of hydrogen-bond donors (Lipinski definition) is 3. The van der Waals surface area contributed by atoms with Gasteiger partial charge in [0.1, 0.15) is 0 Å². The van der Waals surface area contributed by atoms with Gasteiger partial charge in [-0.1, -0.05) is 10.5 Å². The standard InChI is InChI=1S/C10H13N3O7S/c1-6-2-3-7(4-8(6)12(16)17)21(19,20)13(18)9(5-14)10(11)15/h2-4,9,14,18H,5H2,1H3,(H2,11,15). The number of nitrogens with two attached hydrogens (primary N) is 1. The number of hydroxylamine groups is 1. The number of amides is 1. The lowest BCUT2D eigenvalue weighted by Gasteiger charge is -2.21. The van der Waals surface area contributed by atoms with Crippen LogP contribution >= 0.6 is 0 Å². The van der Waals surface area contributed by atoms with E-state index in [1.807, 2.05) is 0 Å². The maximum Gasteiger partial charge on any atom is 0.273 e. The third-order valence-electron chi connectivity index (χ3n) is 2.69. The van der Waals surface area contributed by atoms with Crippen LogP contribution in [-0.4, -0.2) is 46.7 Å². The van der Waals surface area contributed by atoms with Gasteiger partial charge in [-0.2, -0.15) is 0 Å². The number of aryl methyl sites for hydroxylation is 1. The summed E-state index contributed by atoms with van der Waals surface area (Å²) < 4.78 is 23.7. The van der Waals surface area contributed by atoms with Crippen molar-refractivity contribution in [1.29, 1.82) is 0 Å². The first-order valence-electron chi connectivity index (χ1n) is 5.51. The number of primary amides is 1. The molecule has 0 radical (unpaired) electrons. The largest absolute Gasteiger partial charge is 0.394 e. The van der Waals surface area contributed by atoms with Crippen LogP contribution in [-0.2, 0) is 14.8 Å². The van der Waals surface area contributed by atoms with Crippen molar-refractivity contribution in [2.45, 2.75) is 17.9 Å². The Bertz CT molecular complexity index is 673. The molecule has 0 aliphatic heterocycles. The van der Waals surface area contributed by atoms with Crippen molar-refractivity contribution in [3.63, 3.8) is 0 Å². The number of rotatable bonds is 6. The average Bonchev–Trinajstić information content (AvgIpc) is 2.38. The van der Waals surface area contributed by atoms with Crippen LogP contribution in [0.25, 0.3) is 0 Å². The summed E-state index contributed by atoms with van der Waals surface area (Å²) in [7, 11) is -4.64. The molecule has 4 N–H and O–H groups in total. The highest BCUT2D eigenvalue weighted by Crippen LogP contribution is 2.24. The molecular weight excluding hydrogens is 306 g/mol. The van der Waals surface area contributed by atoms with Crippen LogP contribution in [0, 0.1) is 17.0 Å². The van der Waals surface area contributed by atoms with E-state index in [-0.39, 0.29) is 5.56 Å². The molecule has 1 rings (SSSR count). The second-order valence-corrected chi connectivity index (χ2v) is 5.88. The molecule has 0 aliphatic rings. The molecule has 0 aliphatic carbocycles. The maximum absolute atomic E-state index is 12.1. The van der Waals surface area contributed by atoms with E-state index in [1.54, 1.807) is 0 Å². The molecule has 10 nitrogen and oxygen atoms in total. The van der Waals surface area contributed by atoms with E-state index in [1.165, 1.54) is 13.0 Å². The number of benzene rings is 1. The first-order valence-corrected chi connectivity index (χ1v) is 6.95. The lowest BCUT2D eigenvalue weighted by molar-refractivity contribution is -0.385. The molecule has 0 saturated carbocycles. The molecule has 0 saturated heterocycles. The topological polar surface area (TPSA) is 164 Å². The van der Waals surface area contributed by atoms with Crippen molar-refractivity contribution in [2.75, 3.05) is 6.61 Å². The van der Waals surface area contributed by atoms with E-state index in [2.05, 4.69) is 0 Å². The predicted molar refractivity (Wildman–Crippen MR) is 68.7 cm³/mol. The van der Waals surface area contributed by atoms with E-state index < -0.39 is 48.6 Å². The molecule has 1 amide bonds. The molecule has 0 bridgehead atoms. The van der Waals surface area contributed by atoms with E-state index in [9.17, 15) is 28.5 Å². The SMILES string of the molecule is Cc1ccc(S(=O)(=O)N(O)C(CO)C(N)=O)cc1[N+](=O)[O-]. The summed E-state index contributed by atoms with van der Waals surface area (Å²) >= 11 is 0. The lowest BCUT2D eigenvalue weighted by atomic mass is 10.2. The van der Waals surface area contributed by atoms with Crippen LogP contribution < -0.4 is 5.73 Å². The highest BCUT2D eigenvalue weighted by atomic mass is 32.2. The average molecular weight is 319 g/mol. The second-order valence-electron chi connectivity index (χ2n) is 4.08. The molecule has 1 aromatic carbocycles. The molecule has 11 heteroatoms. The molecule has 0 heterocycles. The lowest BCUT2D eigenvalue weighted by Crippen LogP contribution is -2.48. The number of sulfonamides is 1. The Morgan fingerprint density at radius 2 is 2.10 bits per heavy atom. The van der Waals surface area contributed by atoms with Crippen LogP contribution in [0.5, 0.6) is 0 Å². The summed E-state index contributed by atoms with van der Waals surface area (Å²) in [5.41, 5.74) is 4.60. The van der Waals surface area contributed by atoms with Crippen LogP contribution in [0.2, 0.25) is 0 Å². The summed E-state index contributed by atoms with van der Waals surface area (Å²) in [4.78, 5) is 20.4. The summed E-state index contributed by atoms with van der Waals surface area (Å²) in [5, 5.41) is 29.3. The van der Waals surface area contributed by atoms with E-state index in [4.69, 9.17) is 10.8 Å². The molecule has 21 heavy (non-hydrogen) atoms. The van der Waals surface area contributed by atoms with Gasteiger partial charge < -0.3 is 10.8 Å². The van der Waals surface area contributed by atoms with Gasteiger partial charge in [0.25, 0.3) is 15.7 Å². The molecule has 116 valence electrons. The molecular formula is C10H13N3O7S. The number of carbonyl (C=O) groups is 1. The molecule has 0 fully saturated rings. The minimum atomic E-state index is -4.64. The number of hydrogen-bond acceptors (Lipinski definition) is 7. The highest BCUT2D eigenvalue weighted by molar-refractivity contribution is 7.89. The van der Waals surface area contributed by atoms with Gasteiger partial charge in [0.2, 0.25) is 5.91 Å². The molecule has 1 atom stereocenters. The zero-order chi connectivity index (χ0) is 16.4. The quantitative estimate of drug-likeness (QED) is 0.453. The first kappa shape index (κ1) is 17.0. The molecule has 0 spiro atoms. The normalized spacial score (nSPS) is 13.1. The van der Waals surface area contributed by atoms with Gasteiger partial charge in [-0.15, -0.1) is 0 Å². The number of nitro groups is 1. The Kier molecular flexibility index (Phi) is 4.96. The third-order valence-corrected chi connectivity index (χ3v) is 4.29. The minimum Gasteiger partial charge on any atom is -0.394 e. The van der Waals surface area contributed by atoms with Crippen molar-refractivity contribution < 1.29 is 28.4 Å². The Morgan fingerprint density at radius 1 is 1.52 bits per heavy atom. The van der Waals surface area contributed by atoms with Gasteiger partial charge in [0, 0.05) is 11.6 Å². The Morgan fingerprint density at radius 3 is 2.52 bits per heavy atom. The third kappa shape index (κ3) is 3.33. The van der Waals surface area contributed by atoms with Crippen LogP contribution in [0.15, 0.2) is 23.1 Å². The maximum atomic E-state index is 12.1.